The van der Waals surface area contributed by atoms with Crippen LogP contribution < -0.4 is 5.73 Å². The molecule has 4 rings (SSSR count). The first-order valence-electron chi connectivity index (χ1n) is 7.81. The number of hydrogen-bond acceptors (Lipinski definition) is 1. The van der Waals surface area contributed by atoms with E-state index in [-0.39, 0.29) is 37.7 Å². The fourth-order valence-corrected chi connectivity index (χ4v) is 5.86. The Hall–Kier alpha value is -1.10. The minimum atomic E-state index is -0.900. The van der Waals surface area contributed by atoms with Crippen LogP contribution >= 0.6 is 23.1 Å². The van der Waals surface area contributed by atoms with Gasteiger partial charge in [0.15, 0.2) is 0 Å². The van der Waals surface area contributed by atoms with Gasteiger partial charge in [-0.3, -0.25) is 0 Å². The first kappa shape index (κ1) is 18.7. The quantitative estimate of drug-likeness (QED) is 0.294. The number of benzene rings is 4. The van der Waals surface area contributed by atoms with Crippen LogP contribution in [0.3, 0.4) is 0 Å². The molecule has 4 heteroatoms. The molecule has 0 radical (unpaired) electrons. The van der Waals surface area contributed by atoms with E-state index in [4.69, 9.17) is 18.0 Å². The number of fused-ring (bicyclic) bond motifs is 2. The van der Waals surface area contributed by atoms with Crippen LogP contribution in [0.5, 0.6) is 0 Å². The Kier molecular flexibility index (Phi) is 6.03. The Morgan fingerprint density at radius 1 is 0.640 bits per heavy atom. The Balaban J connectivity index is 0.00000182. The van der Waals surface area contributed by atoms with E-state index >= 15 is 0 Å². The first-order chi connectivity index (χ1) is 11.8. The predicted molar refractivity (Wildman–Crippen MR) is 119 cm³/mol. The molecule has 0 aliphatic heterocycles. The number of thiol groups is 1. The summed E-state index contributed by atoms with van der Waals surface area (Å²) in [6, 6.07) is 29.6. The van der Waals surface area contributed by atoms with Crippen LogP contribution in [-0.2, 0) is 0 Å². The van der Waals surface area contributed by atoms with Gasteiger partial charge >= 0.3 is 37.7 Å². The van der Waals surface area contributed by atoms with Crippen LogP contribution in [0.2, 0.25) is 0 Å². The molecule has 122 valence electrons. The molecule has 0 fully saturated rings. The van der Waals surface area contributed by atoms with E-state index in [1.807, 2.05) is 0 Å². The van der Waals surface area contributed by atoms with Gasteiger partial charge in [0.1, 0.15) is 4.32 Å². The van der Waals surface area contributed by atoms with E-state index in [9.17, 15) is 0 Å². The van der Waals surface area contributed by atoms with Crippen LogP contribution in [0.25, 0.3) is 21.5 Å². The molecule has 0 aromatic heterocycles. The summed E-state index contributed by atoms with van der Waals surface area (Å²) >= 11 is 5.51. The first-order valence-corrected chi connectivity index (χ1v) is 9.56. The topological polar surface area (TPSA) is 26.0 Å². The van der Waals surface area contributed by atoms with Gasteiger partial charge in [-0.15, -0.1) is 10.9 Å². The molecule has 0 bridgehead atoms. The van der Waals surface area contributed by atoms with E-state index in [2.05, 4.69) is 84.9 Å². The predicted octanol–water partition coefficient (Wildman–Crippen LogP) is 4.74. The Bertz CT molecular complexity index is 972. The van der Waals surface area contributed by atoms with Gasteiger partial charge in [-0.05, 0) is 33.7 Å². The van der Waals surface area contributed by atoms with Crippen molar-refractivity contribution in [3.8, 4) is 0 Å². The summed E-state index contributed by atoms with van der Waals surface area (Å²) in [6.45, 7) is 0. The summed E-state index contributed by atoms with van der Waals surface area (Å²) in [7, 11) is -0.900. The molecule has 1 nitrogen and oxygen atoms in total. The monoisotopic (exact) mass is 389 g/mol. The Labute approximate surface area is 185 Å². The third-order valence-corrected chi connectivity index (χ3v) is 6.97. The zero-order valence-electron chi connectivity index (χ0n) is 13.0. The molecule has 0 spiro atoms. The van der Waals surface area contributed by atoms with Crippen LogP contribution in [0, 0.1) is 0 Å². The van der Waals surface area contributed by atoms with Gasteiger partial charge in [-0.1, -0.05) is 85.0 Å². The van der Waals surface area contributed by atoms with E-state index < -0.39 is 10.9 Å². The summed E-state index contributed by atoms with van der Waals surface area (Å²) in [4.78, 5) is 2.46. The van der Waals surface area contributed by atoms with Gasteiger partial charge in [0.05, 0.1) is 0 Å². The fraction of sp³-hybridized carbons (Fsp3) is 0. The Morgan fingerprint density at radius 3 is 1.48 bits per heavy atom. The molecule has 0 unspecified atom stereocenters. The second kappa shape index (κ2) is 8.07. The standard InChI is InChI=1S/C21H17NS2.Ca.2H/c22-21(23)24(19-13-5-9-15-7-1-3-11-17(15)19)20-14-6-10-16-8-2-4-12-18(16)20;;;/h1-14,24H,(H2,22,23);;;. The van der Waals surface area contributed by atoms with Crippen molar-refractivity contribution in [2.45, 2.75) is 9.79 Å². The second-order valence-corrected chi connectivity index (χ2v) is 8.53. The van der Waals surface area contributed by atoms with Crippen LogP contribution in [0.4, 0.5) is 0 Å². The summed E-state index contributed by atoms with van der Waals surface area (Å²) in [5.74, 6) is 0. The molecule has 0 aliphatic carbocycles. The van der Waals surface area contributed by atoms with Gasteiger partial charge in [-0.2, -0.15) is 0 Å². The maximum absolute atomic E-state index is 6.24. The SMILES string of the molecule is NC(=S)[SH](c1cccc2ccccc12)c1cccc2ccccc12.[CaH2]. The van der Waals surface area contributed by atoms with Crippen molar-refractivity contribution in [3.63, 3.8) is 0 Å². The maximum atomic E-state index is 6.24. The van der Waals surface area contributed by atoms with Crippen molar-refractivity contribution in [1.82, 2.24) is 0 Å². The molecular weight excluding hydrogens is 370 g/mol. The molecular formula is C21H19CaNS2. The van der Waals surface area contributed by atoms with Crippen molar-refractivity contribution in [2.75, 3.05) is 0 Å². The summed E-state index contributed by atoms with van der Waals surface area (Å²) in [5, 5.41) is 4.90. The molecule has 0 aliphatic rings. The molecule has 0 saturated carbocycles. The molecule has 0 saturated heterocycles. The number of nitrogens with two attached hydrogens (primary N) is 1. The van der Waals surface area contributed by atoms with Gasteiger partial charge in [-0.25, -0.2) is 0 Å². The fourth-order valence-electron chi connectivity index (χ4n) is 3.17. The zero-order valence-corrected chi connectivity index (χ0v) is 14.7. The molecule has 0 heterocycles. The van der Waals surface area contributed by atoms with Gasteiger partial charge in [0.25, 0.3) is 0 Å². The molecule has 2 N–H and O–H groups in total. The van der Waals surface area contributed by atoms with Gasteiger partial charge in [0.2, 0.25) is 0 Å². The van der Waals surface area contributed by atoms with Crippen molar-refractivity contribution in [3.05, 3.63) is 84.9 Å². The summed E-state index contributed by atoms with van der Waals surface area (Å²) in [6.07, 6.45) is 0. The van der Waals surface area contributed by atoms with Crippen molar-refractivity contribution < 1.29 is 0 Å². The number of hydrogen-bond donors (Lipinski definition) is 2. The number of rotatable bonds is 2. The average molecular weight is 390 g/mol. The van der Waals surface area contributed by atoms with Crippen molar-refractivity contribution >= 4 is 86.7 Å². The molecule has 0 atom stereocenters. The zero-order chi connectivity index (χ0) is 16.5. The number of thiocarbonyl (C=S) groups is 1. The summed E-state index contributed by atoms with van der Waals surface area (Å²) < 4.78 is 0.567. The van der Waals surface area contributed by atoms with E-state index in [1.54, 1.807) is 0 Å². The van der Waals surface area contributed by atoms with E-state index in [0.717, 1.165) is 0 Å². The van der Waals surface area contributed by atoms with Crippen LogP contribution in [-0.4, -0.2) is 42.1 Å². The van der Waals surface area contributed by atoms with Crippen LogP contribution in [0.15, 0.2) is 94.7 Å². The summed E-state index contributed by atoms with van der Waals surface area (Å²) in [5.41, 5.74) is 6.24. The molecule has 4 aromatic rings. The van der Waals surface area contributed by atoms with Gasteiger partial charge in [0, 0.05) is 9.79 Å². The molecule has 25 heavy (non-hydrogen) atoms. The van der Waals surface area contributed by atoms with E-state index in [0.29, 0.717) is 4.32 Å². The third kappa shape index (κ3) is 3.57. The van der Waals surface area contributed by atoms with Crippen molar-refractivity contribution in [1.29, 1.82) is 0 Å². The molecule has 4 aromatic carbocycles. The van der Waals surface area contributed by atoms with E-state index in [1.165, 1.54) is 31.3 Å². The van der Waals surface area contributed by atoms with Crippen LogP contribution in [0.1, 0.15) is 0 Å². The normalized spacial score (nSPS) is 11.1. The molecule has 0 amide bonds. The minimum absolute atomic E-state index is 0. The van der Waals surface area contributed by atoms with Crippen molar-refractivity contribution in [2.24, 2.45) is 5.73 Å². The Morgan fingerprint density at radius 2 is 1.04 bits per heavy atom. The average Bonchev–Trinajstić information content (AvgIpc) is 2.62. The van der Waals surface area contributed by atoms with Gasteiger partial charge < -0.3 is 5.73 Å². The second-order valence-electron chi connectivity index (χ2n) is 5.67. The third-order valence-electron chi connectivity index (χ3n) is 4.24.